The molecule has 1 aromatic carbocycles. The highest BCUT2D eigenvalue weighted by atomic mass is 16.5. The SMILES string of the molecule is O[C@@H](COc1ccccc1)CN1CCN(CC2CCCC2)CC1. The first-order valence-electron chi connectivity index (χ1n) is 9.10. The molecule has 23 heavy (non-hydrogen) atoms. The van der Waals surface area contributed by atoms with Crippen LogP contribution in [0.25, 0.3) is 0 Å². The van der Waals surface area contributed by atoms with Gasteiger partial charge in [-0.2, -0.15) is 0 Å². The number of para-hydroxylation sites is 1. The average Bonchev–Trinajstić information content (AvgIpc) is 3.09. The van der Waals surface area contributed by atoms with Crippen LogP contribution in [0, 0.1) is 5.92 Å². The lowest BCUT2D eigenvalue weighted by molar-refractivity contribution is 0.0432. The molecule has 1 aromatic rings. The molecule has 0 aromatic heterocycles. The van der Waals surface area contributed by atoms with Crippen LogP contribution in [0.15, 0.2) is 30.3 Å². The van der Waals surface area contributed by atoms with Gasteiger partial charge in [-0.1, -0.05) is 31.0 Å². The first kappa shape index (κ1) is 16.7. The van der Waals surface area contributed by atoms with Crippen LogP contribution < -0.4 is 4.74 Å². The fourth-order valence-corrected chi connectivity index (χ4v) is 3.77. The molecular formula is C19H30N2O2. The monoisotopic (exact) mass is 318 g/mol. The Kier molecular flexibility index (Phi) is 6.31. The van der Waals surface area contributed by atoms with Gasteiger partial charge in [-0.25, -0.2) is 0 Å². The maximum Gasteiger partial charge on any atom is 0.119 e. The van der Waals surface area contributed by atoms with Gasteiger partial charge in [0.2, 0.25) is 0 Å². The number of piperazine rings is 1. The van der Waals surface area contributed by atoms with Gasteiger partial charge in [0.05, 0.1) is 0 Å². The highest BCUT2D eigenvalue weighted by Crippen LogP contribution is 2.25. The van der Waals surface area contributed by atoms with Gasteiger partial charge in [0.25, 0.3) is 0 Å². The molecule has 1 heterocycles. The largest absolute Gasteiger partial charge is 0.491 e. The summed E-state index contributed by atoms with van der Waals surface area (Å²) in [7, 11) is 0. The van der Waals surface area contributed by atoms with Crippen LogP contribution in [-0.2, 0) is 0 Å². The van der Waals surface area contributed by atoms with Gasteiger partial charge in [0, 0.05) is 39.3 Å². The molecule has 2 aliphatic rings. The van der Waals surface area contributed by atoms with Crippen molar-refractivity contribution < 1.29 is 9.84 Å². The van der Waals surface area contributed by atoms with E-state index in [-0.39, 0.29) is 0 Å². The predicted octanol–water partition coefficient (Wildman–Crippen LogP) is 2.23. The third-order valence-electron chi connectivity index (χ3n) is 5.11. The van der Waals surface area contributed by atoms with Crippen molar-refractivity contribution in [1.82, 2.24) is 9.80 Å². The summed E-state index contributed by atoms with van der Waals surface area (Å²) < 4.78 is 5.63. The maximum absolute atomic E-state index is 10.2. The van der Waals surface area contributed by atoms with Crippen molar-refractivity contribution in [2.24, 2.45) is 5.92 Å². The quantitative estimate of drug-likeness (QED) is 0.836. The van der Waals surface area contributed by atoms with Crippen molar-refractivity contribution in [3.05, 3.63) is 30.3 Å². The lowest BCUT2D eigenvalue weighted by atomic mass is 10.1. The Hall–Kier alpha value is -1.10. The first-order chi connectivity index (χ1) is 11.3. The lowest BCUT2D eigenvalue weighted by Gasteiger charge is -2.36. The highest BCUT2D eigenvalue weighted by Gasteiger charge is 2.23. The summed E-state index contributed by atoms with van der Waals surface area (Å²) in [4.78, 5) is 4.98. The van der Waals surface area contributed by atoms with Crippen LogP contribution >= 0.6 is 0 Å². The van der Waals surface area contributed by atoms with E-state index in [1.165, 1.54) is 32.2 Å². The van der Waals surface area contributed by atoms with Crippen molar-refractivity contribution in [3.8, 4) is 5.75 Å². The molecule has 3 rings (SSSR count). The second-order valence-electron chi connectivity index (χ2n) is 7.03. The molecule has 1 atom stereocenters. The van der Waals surface area contributed by atoms with E-state index in [4.69, 9.17) is 4.74 Å². The number of nitrogens with zero attached hydrogens (tertiary/aromatic N) is 2. The summed E-state index contributed by atoms with van der Waals surface area (Å²) in [5, 5.41) is 10.2. The van der Waals surface area contributed by atoms with Crippen molar-refractivity contribution >= 4 is 0 Å². The van der Waals surface area contributed by atoms with E-state index in [1.54, 1.807) is 0 Å². The van der Waals surface area contributed by atoms with Crippen LogP contribution in [0.3, 0.4) is 0 Å². The van der Waals surface area contributed by atoms with Gasteiger partial charge in [0.1, 0.15) is 18.5 Å². The Balaban J connectivity index is 1.31. The molecular weight excluding hydrogens is 288 g/mol. The summed E-state index contributed by atoms with van der Waals surface area (Å²) in [6.07, 6.45) is 5.29. The van der Waals surface area contributed by atoms with Gasteiger partial charge < -0.3 is 14.7 Å². The average molecular weight is 318 g/mol. The third kappa shape index (κ3) is 5.48. The first-order valence-corrected chi connectivity index (χ1v) is 9.10. The Morgan fingerprint density at radius 1 is 1.00 bits per heavy atom. The lowest BCUT2D eigenvalue weighted by Crippen LogP contribution is -2.50. The van der Waals surface area contributed by atoms with Crippen molar-refractivity contribution in [3.63, 3.8) is 0 Å². The predicted molar refractivity (Wildman–Crippen MR) is 92.8 cm³/mol. The zero-order valence-corrected chi connectivity index (χ0v) is 14.1. The van der Waals surface area contributed by atoms with E-state index in [2.05, 4.69) is 9.80 Å². The minimum atomic E-state index is -0.420. The van der Waals surface area contributed by atoms with Gasteiger partial charge in [-0.3, -0.25) is 4.90 Å². The molecule has 4 nitrogen and oxygen atoms in total. The molecule has 0 unspecified atom stereocenters. The summed E-state index contributed by atoms with van der Waals surface area (Å²) in [5.41, 5.74) is 0. The Bertz CT molecular complexity index is 440. The van der Waals surface area contributed by atoms with Crippen molar-refractivity contribution in [1.29, 1.82) is 0 Å². The Morgan fingerprint density at radius 2 is 1.65 bits per heavy atom. The van der Waals surface area contributed by atoms with E-state index in [9.17, 15) is 5.11 Å². The Labute approximate surface area is 140 Å². The van der Waals surface area contributed by atoms with Gasteiger partial charge in [-0.05, 0) is 30.9 Å². The topological polar surface area (TPSA) is 35.9 Å². The summed E-state index contributed by atoms with van der Waals surface area (Å²) in [5.74, 6) is 1.76. The van der Waals surface area contributed by atoms with Crippen LogP contribution in [-0.4, -0.2) is 66.9 Å². The molecule has 2 fully saturated rings. The maximum atomic E-state index is 10.2. The van der Waals surface area contributed by atoms with Crippen LogP contribution in [0.4, 0.5) is 0 Å². The number of aliphatic hydroxyl groups excluding tert-OH is 1. The minimum absolute atomic E-state index is 0.367. The molecule has 1 N–H and O–H groups in total. The second kappa shape index (κ2) is 8.67. The molecule has 0 radical (unpaired) electrons. The zero-order chi connectivity index (χ0) is 15.9. The molecule has 0 bridgehead atoms. The molecule has 128 valence electrons. The van der Waals surface area contributed by atoms with E-state index in [1.807, 2.05) is 30.3 Å². The summed E-state index contributed by atoms with van der Waals surface area (Å²) >= 11 is 0. The van der Waals surface area contributed by atoms with E-state index in [0.29, 0.717) is 13.2 Å². The fraction of sp³-hybridized carbons (Fsp3) is 0.684. The number of hydrogen-bond donors (Lipinski definition) is 1. The van der Waals surface area contributed by atoms with E-state index in [0.717, 1.165) is 37.8 Å². The van der Waals surface area contributed by atoms with Crippen molar-refractivity contribution in [2.75, 3.05) is 45.9 Å². The van der Waals surface area contributed by atoms with E-state index < -0.39 is 6.10 Å². The molecule has 0 amide bonds. The Morgan fingerprint density at radius 3 is 2.35 bits per heavy atom. The van der Waals surface area contributed by atoms with Gasteiger partial charge in [-0.15, -0.1) is 0 Å². The summed E-state index contributed by atoms with van der Waals surface area (Å²) in [6, 6.07) is 9.72. The molecule has 0 spiro atoms. The molecule has 1 saturated heterocycles. The van der Waals surface area contributed by atoms with Gasteiger partial charge in [0.15, 0.2) is 0 Å². The highest BCUT2D eigenvalue weighted by molar-refractivity contribution is 5.20. The number of aliphatic hydroxyl groups is 1. The minimum Gasteiger partial charge on any atom is -0.491 e. The number of rotatable bonds is 7. The number of benzene rings is 1. The summed E-state index contributed by atoms with van der Waals surface area (Å²) in [6.45, 7) is 6.78. The fourth-order valence-electron chi connectivity index (χ4n) is 3.77. The standard InChI is InChI=1S/C19H30N2O2/c22-18(16-23-19-8-2-1-3-9-19)15-21-12-10-20(11-13-21)14-17-6-4-5-7-17/h1-3,8-9,17-18,22H,4-7,10-16H2/t18-/m1/s1. The van der Waals surface area contributed by atoms with Crippen LogP contribution in [0.5, 0.6) is 5.75 Å². The van der Waals surface area contributed by atoms with E-state index >= 15 is 0 Å². The van der Waals surface area contributed by atoms with Gasteiger partial charge >= 0.3 is 0 Å². The smallest absolute Gasteiger partial charge is 0.119 e. The second-order valence-corrected chi connectivity index (χ2v) is 7.03. The molecule has 4 heteroatoms. The third-order valence-corrected chi connectivity index (χ3v) is 5.11. The zero-order valence-electron chi connectivity index (χ0n) is 14.1. The number of ether oxygens (including phenoxy) is 1. The number of β-amino-alcohol motifs (C(OH)–C–C–N with tert-alkyl or cyclic N) is 1. The molecule has 1 aliphatic heterocycles. The number of hydrogen-bond acceptors (Lipinski definition) is 4. The molecule has 1 aliphatic carbocycles. The molecule has 1 saturated carbocycles. The van der Waals surface area contributed by atoms with Crippen molar-refractivity contribution in [2.45, 2.75) is 31.8 Å². The normalized spacial score (nSPS) is 22.3. The van der Waals surface area contributed by atoms with Crippen LogP contribution in [0.1, 0.15) is 25.7 Å². The van der Waals surface area contributed by atoms with Crippen LogP contribution in [0.2, 0.25) is 0 Å².